The Labute approximate surface area is 151 Å². The molecule has 0 aliphatic carbocycles. The fourth-order valence-electron chi connectivity index (χ4n) is 2.20. The van der Waals surface area contributed by atoms with Crippen molar-refractivity contribution in [2.24, 2.45) is 0 Å². The fourth-order valence-corrected chi connectivity index (χ4v) is 3.58. The number of benzene rings is 1. The molecule has 0 saturated heterocycles. The van der Waals surface area contributed by atoms with Crippen LogP contribution in [0.5, 0.6) is 5.75 Å². The zero-order chi connectivity index (χ0) is 17.1. The van der Waals surface area contributed by atoms with Crippen LogP contribution in [0.1, 0.15) is 10.4 Å². The van der Waals surface area contributed by atoms with E-state index in [4.69, 9.17) is 9.47 Å². The Morgan fingerprint density at radius 2 is 1.96 bits per heavy atom. The second-order valence-electron chi connectivity index (χ2n) is 4.83. The molecule has 0 spiro atoms. The van der Waals surface area contributed by atoms with Crippen LogP contribution in [0.15, 0.2) is 46.5 Å². The summed E-state index contributed by atoms with van der Waals surface area (Å²) in [4.78, 5) is 21.7. The minimum atomic E-state index is -0.443. The fraction of sp³-hybridized carbons (Fsp3) is 0.118. The lowest BCUT2D eigenvalue weighted by Gasteiger charge is -2.09. The molecule has 0 fully saturated rings. The van der Waals surface area contributed by atoms with E-state index in [1.165, 1.54) is 14.2 Å². The number of hydrogen-bond acceptors (Lipinski definition) is 6. The molecule has 7 heteroatoms. The second-order valence-corrected chi connectivity index (χ2v) is 6.65. The molecule has 1 aromatic carbocycles. The van der Waals surface area contributed by atoms with Crippen molar-refractivity contribution in [2.45, 2.75) is 0 Å². The summed E-state index contributed by atoms with van der Waals surface area (Å²) in [5.41, 5.74) is 2.67. The van der Waals surface area contributed by atoms with E-state index in [0.717, 1.165) is 20.6 Å². The van der Waals surface area contributed by atoms with Gasteiger partial charge >= 0.3 is 5.97 Å². The van der Waals surface area contributed by atoms with Gasteiger partial charge in [0.2, 0.25) is 0 Å². The van der Waals surface area contributed by atoms with Crippen molar-refractivity contribution in [1.82, 2.24) is 9.97 Å². The van der Waals surface area contributed by atoms with Gasteiger partial charge in [0.25, 0.3) is 0 Å². The average molecular weight is 405 g/mol. The SMILES string of the molecule is COC(=O)c1ccc(-c2cncc(-c3cc(Br)cs3)n2)cc1OC. The van der Waals surface area contributed by atoms with Crippen molar-refractivity contribution in [2.75, 3.05) is 14.2 Å². The number of ether oxygens (including phenoxy) is 2. The molecule has 5 nitrogen and oxygen atoms in total. The molecule has 0 bridgehead atoms. The Bertz CT molecular complexity index is 895. The molecule has 0 N–H and O–H groups in total. The van der Waals surface area contributed by atoms with E-state index in [-0.39, 0.29) is 0 Å². The van der Waals surface area contributed by atoms with Gasteiger partial charge in [-0.15, -0.1) is 11.3 Å². The first kappa shape index (κ1) is 16.6. The van der Waals surface area contributed by atoms with Crippen molar-refractivity contribution in [3.8, 4) is 27.6 Å². The minimum absolute atomic E-state index is 0.370. The van der Waals surface area contributed by atoms with Gasteiger partial charge < -0.3 is 9.47 Å². The molecule has 2 heterocycles. The van der Waals surface area contributed by atoms with E-state index in [1.807, 2.05) is 11.4 Å². The summed E-state index contributed by atoms with van der Waals surface area (Å²) in [5, 5.41) is 2.00. The highest BCUT2D eigenvalue weighted by Gasteiger charge is 2.14. The number of carbonyl (C=O) groups excluding carboxylic acids is 1. The molecule has 3 rings (SSSR count). The summed E-state index contributed by atoms with van der Waals surface area (Å²) in [7, 11) is 2.85. The molecule has 0 saturated carbocycles. The first-order valence-electron chi connectivity index (χ1n) is 6.95. The topological polar surface area (TPSA) is 61.3 Å². The minimum Gasteiger partial charge on any atom is -0.496 e. The van der Waals surface area contributed by atoms with Gasteiger partial charge in [-0.05, 0) is 34.1 Å². The maximum Gasteiger partial charge on any atom is 0.341 e. The summed E-state index contributed by atoms with van der Waals surface area (Å²) >= 11 is 5.03. The lowest BCUT2D eigenvalue weighted by atomic mass is 10.1. The molecule has 0 aliphatic heterocycles. The summed E-state index contributed by atoms with van der Waals surface area (Å²) < 4.78 is 11.1. The van der Waals surface area contributed by atoms with Gasteiger partial charge in [-0.1, -0.05) is 6.07 Å². The number of methoxy groups -OCH3 is 2. The summed E-state index contributed by atoms with van der Waals surface area (Å²) in [6, 6.07) is 7.22. The Hall–Kier alpha value is -2.25. The molecule has 122 valence electrons. The highest BCUT2D eigenvalue weighted by atomic mass is 79.9. The highest BCUT2D eigenvalue weighted by Crippen LogP contribution is 2.31. The van der Waals surface area contributed by atoms with E-state index in [9.17, 15) is 4.79 Å². The maximum atomic E-state index is 11.7. The summed E-state index contributed by atoms with van der Waals surface area (Å²) in [5.74, 6) is -0.00732. The van der Waals surface area contributed by atoms with E-state index >= 15 is 0 Å². The Balaban J connectivity index is 2.01. The van der Waals surface area contributed by atoms with Crippen LogP contribution in [0, 0.1) is 0 Å². The number of aromatic nitrogens is 2. The second kappa shape index (κ2) is 7.11. The number of thiophene rings is 1. The molecular formula is C17H13BrN2O3S. The monoisotopic (exact) mass is 404 g/mol. The van der Waals surface area contributed by atoms with Crippen molar-refractivity contribution in [1.29, 1.82) is 0 Å². The van der Waals surface area contributed by atoms with Crippen molar-refractivity contribution in [3.63, 3.8) is 0 Å². The molecule has 24 heavy (non-hydrogen) atoms. The zero-order valence-corrected chi connectivity index (χ0v) is 15.3. The zero-order valence-electron chi connectivity index (χ0n) is 12.9. The molecule has 0 unspecified atom stereocenters. The van der Waals surface area contributed by atoms with Gasteiger partial charge in [0, 0.05) is 15.4 Å². The predicted molar refractivity (Wildman–Crippen MR) is 96.4 cm³/mol. The number of nitrogens with zero attached hydrogens (tertiary/aromatic N) is 2. The van der Waals surface area contributed by atoms with Crippen LogP contribution in [0.25, 0.3) is 21.8 Å². The van der Waals surface area contributed by atoms with E-state index < -0.39 is 5.97 Å². The normalized spacial score (nSPS) is 10.5. The average Bonchev–Trinajstić information content (AvgIpc) is 3.07. The number of halogens is 1. The maximum absolute atomic E-state index is 11.7. The first-order valence-corrected chi connectivity index (χ1v) is 8.63. The van der Waals surface area contributed by atoms with Crippen LogP contribution in [0.4, 0.5) is 0 Å². The van der Waals surface area contributed by atoms with Crippen LogP contribution in [0.2, 0.25) is 0 Å². The number of esters is 1. The Morgan fingerprint density at radius 1 is 1.17 bits per heavy atom. The van der Waals surface area contributed by atoms with Gasteiger partial charge in [0.1, 0.15) is 11.3 Å². The van der Waals surface area contributed by atoms with Crippen LogP contribution in [-0.4, -0.2) is 30.2 Å². The van der Waals surface area contributed by atoms with E-state index in [1.54, 1.807) is 41.9 Å². The van der Waals surface area contributed by atoms with Crippen LogP contribution < -0.4 is 4.74 Å². The third-order valence-electron chi connectivity index (χ3n) is 3.36. The lowest BCUT2D eigenvalue weighted by molar-refractivity contribution is 0.0597. The van der Waals surface area contributed by atoms with Crippen molar-refractivity contribution < 1.29 is 14.3 Å². The smallest absolute Gasteiger partial charge is 0.341 e. The molecule has 0 aliphatic rings. The van der Waals surface area contributed by atoms with Gasteiger partial charge in [-0.25, -0.2) is 9.78 Å². The third-order valence-corrected chi connectivity index (χ3v) is 5.07. The first-order chi connectivity index (χ1) is 11.6. The predicted octanol–water partition coefficient (Wildman–Crippen LogP) is 4.43. The molecule has 2 aromatic heterocycles. The molecular weight excluding hydrogens is 392 g/mol. The molecule has 3 aromatic rings. The quantitative estimate of drug-likeness (QED) is 0.601. The Morgan fingerprint density at radius 3 is 2.62 bits per heavy atom. The molecule has 0 atom stereocenters. The molecule has 0 radical (unpaired) electrons. The van der Waals surface area contributed by atoms with Gasteiger partial charge in [0.15, 0.2) is 0 Å². The number of hydrogen-bond donors (Lipinski definition) is 0. The largest absolute Gasteiger partial charge is 0.496 e. The highest BCUT2D eigenvalue weighted by molar-refractivity contribution is 9.10. The summed E-state index contributed by atoms with van der Waals surface area (Å²) in [6.45, 7) is 0. The van der Waals surface area contributed by atoms with Crippen molar-refractivity contribution >= 4 is 33.2 Å². The third kappa shape index (κ3) is 3.32. The number of carbonyl (C=O) groups is 1. The van der Waals surface area contributed by atoms with E-state index in [2.05, 4.69) is 25.9 Å². The standard InChI is InChI=1S/C17H13BrN2O3S/c1-22-15-5-10(3-4-12(15)17(21)23-2)13-7-19-8-14(20-13)16-6-11(18)9-24-16/h3-9H,1-2H3. The van der Waals surface area contributed by atoms with Gasteiger partial charge in [-0.2, -0.15) is 0 Å². The number of rotatable bonds is 4. The van der Waals surface area contributed by atoms with Gasteiger partial charge in [-0.3, -0.25) is 4.98 Å². The van der Waals surface area contributed by atoms with Crippen LogP contribution in [-0.2, 0) is 4.74 Å². The van der Waals surface area contributed by atoms with Crippen LogP contribution >= 0.6 is 27.3 Å². The lowest BCUT2D eigenvalue weighted by Crippen LogP contribution is -2.04. The molecule has 0 amide bonds. The Kier molecular flexibility index (Phi) is 4.92. The van der Waals surface area contributed by atoms with Crippen molar-refractivity contribution in [3.05, 3.63) is 52.1 Å². The van der Waals surface area contributed by atoms with Crippen LogP contribution in [0.3, 0.4) is 0 Å². The summed E-state index contributed by atoms with van der Waals surface area (Å²) in [6.07, 6.45) is 3.40. The van der Waals surface area contributed by atoms with Gasteiger partial charge in [0.05, 0.1) is 42.9 Å². The van der Waals surface area contributed by atoms with E-state index in [0.29, 0.717) is 17.0 Å².